The molecule has 0 atom stereocenters. The van der Waals surface area contributed by atoms with E-state index >= 15 is 0 Å². The lowest BCUT2D eigenvalue weighted by Crippen LogP contribution is -2.25. The number of benzene rings is 2. The molecular formula is C21H22N4O4S. The van der Waals surface area contributed by atoms with Gasteiger partial charge in [-0.05, 0) is 46.9 Å². The number of carbonyl (C=O) groups is 2. The molecule has 0 aliphatic rings. The van der Waals surface area contributed by atoms with Gasteiger partial charge in [0.05, 0.1) is 19.9 Å². The fourth-order valence-electron chi connectivity index (χ4n) is 2.72. The lowest BCUT2D eigenvalue weighted by molar-refractivity contribution is 0.0946. The molecule has 30 heavy (non-hydrogen) atoms. The van der Waals surface area contributed by atoms with E-state index in [4.69, 9.17) is 15.2 Å². The van der Waals surface area contributed by atoms with E-state index < -0.39 is 5.91 Å². The molecule has 0 fully saturated rings. The monoisotopic (exact) mass is 426 g/mol. The van der Waals surface area contributed by atoms with Crippen molar-refractivity contribution < 1.29 is 19.1 Å². The van der Waals surface area contributed by atoms with Gasteiger partial charge in [0, 0.05) is 13.1 Å². The van der Waals surface area contributed by atoms with Crippen molar-refractivity contribution in [1.82, 2.24) is 15.0 Å². The Morgan fingerprint density at radius 2 is 1.47 bits per heavy atom. The maximum absolute atomic E-state index is 12.5. The number of ether oxygens (including phenoxy) is 2. The predicted octanol–water partition coefficient (Wildman–Crippen LogP) is 2.60. The number of amides is 2. The highest BCUT2D eigenvalue weighted by atomic mass is 32.1. The SMILES string of the molecule is COc1cccc(CNC(=O)c2nsc(C(=O)NCc3cccc(OC)c3)c2N)c1. The van der Waals surface area contributed by atoms with Gasteiger partial charge in [0.2, 0.25) is 0 Å². The van der Waals surface area contributed by atoms with Gasteiger partial charge in [-0.2, -0.15) is 4.37 Å². The summed E-state index contributed by atoms with van der Waals surface area (Å²) in [6.07, 6.45) is 0. The summed E-state index contributed by atoms with van der Waals surface area (Å²) in [4.78, 5) is 25.1. The van der Waals surface area contributed by atoms with Gasteiger partial charge in [0.1, 0.15) is 16.4 Å². The lowest BCUT2D eigenvalue weighted by atomic mass is 10.2. The third-order valence-electron chi connectivity index (χ3n) is 4.32. The summed E-state index contributed by atoms with van der Waals surface area (Å²) in [6.45, 7) is 0.578. The quantitative estimate of drug-likeness (QED) is 0.510. The Hall–Kier alpha value is -3.59. The number of methoxy groups -OCH3 is 2. The normalized spacial score (nSPS) is 10.3. The zero-order valence-corrected chi connectivity index (χ0v) is 17.4. The van der Waals surface area contributed by atoms with E-state index in [0.717, 1.165) is 22.7 Å². The van der Waals surface area contributed by atoms with E-state index in [1.165, 1.54) is 0 Å². The Bertz CT molecular complexity index is 970. The van der Waals surface area contributed by atoms with Gasteiger partial charge >= 0.3 is 0 Å². The molecule has 0 aliphatic carbocycles. The number of nitrogen functional groups attached to an aromatic ring is 1. The van der Waals surface area contributed by atoms with Gasteiger partial charge in [-0.15, -0.1) is 0 Å². The van der Waals surface area contributed by atoms with Crippen LogP contribution in [-0.4, -0.2) is 30.4 Å². The largest absolute Gasteiger partial charge is 0.497 e. The fourth-order valence-corrected chi connectivity index (χ4v) is 3.43. The second kappa shape index (κ2) is 9.75. The zero-order chi connectivity index (χ0) is 21.5. The summed E-state index contributed by atoms with van der Waals surface area (Å²) in [7, 11) is 3.16. The van der Waals surface area contributed by atoms with E-state index in [1.807, 2.05) is 48.5 Å². The number of nitrogens with zero attached hydrogens (tertiary/aromatic N) is 1. The highest BCUT2D eigenvalue weighted by Gasteiger charge is 2.22. The van der Waals surface area contributed by atoms with Crippen LogP contribution in [0.15, 0.2) is 48.5 Å². The van der Waals surface area contributed by atoms with Crippen molar-refractivity contribution in [1.29, 1.82) is 0 Å². The number of nitrogens with one attached hydrogen (secondary N) is 2. The van der Waals surface area contributed by atoms with Gasteiger partial charge < -0.3 is 25.8 Å². The molecule has 0 aliphatic heterocycles. The molecule has 9 heteroatoms. The predicted molar refractivity (Wildman–Crippen MR) is 115 cm³/mol. The maximum Gasteiger partial charge on any atom is 0.273 e. The van der Waals surface area contributed by atoms with Crippen LogP contribution < -0.4 is 25.8 Å². The molecule has 2 aromatic carbocycles. The van der Waals surface area contributed by atoms with Crippen LogP contribution in [0, 0.1) is 0 Å². The van der Waals surface area contributed by atoms with Crippen molar-refractivity contribution in [2.75, 3.05) is 20.0 Å². The van der Waals surface area contributed by atoms with Crippen LogP contribution in [0.25, 0.3) is 0 Å². The van der Waals surface area contributed by atoms with E-state index in [-0.39, 0.29) is 28.7 Å². The van der Waals surface area contributed by atoms with Crippen LogP contribution in [0.5, 0.6) is 11.5 Å². The minimum absolute atomic E-state index is 0.0365. The van der Waals surface area contributed by atoms with Crippen molar-refractivity contribution in [2.45, 2.75) is 13.1 Å². The number of rotatable bonds is 8. The molecule has 1 aromatic heterocycles. The number of carbonyl (C=O) groups excluding carboxylic acids is 2. The minimum Gasteiger partial charge on any atom is -0.497 e. The molecule has 3 rings (SSSR count). The summed E-state index contributed by atoms with van der Waals surface area (Å²) in [6, 6.07) is 14.7. The second-order valence-electron chi connectivity index (χ2n) is 6.34. The minimum atomic E-state index is -0.446. The lowest BCUT2D eigenvalue weighted by Gasteiger charge is -2.07. The Balaban J connectivity index is 1.61. The first-order valence-corrected chi connectivity index (χ1v) is 9.86. The summed E-state index contributed by atoms with van der Waals surface area (Å²) in [5, 5.41) is 5.53. The van der Waals surface area contributed by atoms with Crippen LogP contribution in [-0.2, 0) is 13.1 Å². The fraction of sp³-hybridized carbons (Fsp3) is 0.190. The smallest absolute Gasteiger partial charge is 0.273 e. The molecule has 3 aromatic rings. The standard InChI is InChI=1S/C21H22N4O4S/c1-28-15-7-3-5-13(9-15)11-23-20(26)18-17(22)19(30-25-18)21(27)24-12-14-6-4-8-16(10-14)29-2/h3-10H,11-12,22H2,1-2H3,(H,23,26)(H,24,27). The summed E-state index contributed by atoms with van der Waals surface area (Å²) >= 11 is 0.891. The van der Waals surface area contributed by atoms with Gasteiger partial charge in [-0.25, -0.2) is 0 Å². The first-order chi connectivity index (χ1) is 14.5. The summed E-state index contributed by atoms with van der Waals surface area (Å²) in [5.74, 6) is 0.567. The van der Waals surface area contributed by atoms with E-state index in [9.17, 15) is 9.59 Å². The number of aromatic nitrogens is 1. The molecule has 0 saturated carbocycles. The number of nitrogens with two attached hydrogens (primary N) is 1. The Labute approximate surface area is 178 Å². The first kappa shape index (κ1) is 21.1. The highest BCUT2D eigenvalue weighted by molar-refractivity contribution is 7.09. The van der Waals surface area contributed by atoms with Crippen LogP contribution >= 0.6 is 11.5 Å². The molecule has 0 unspecified atom stereocenters. The second-order valence-corrected chi connectivity index (χ2v) is 7.12. The van der Waals surface area contributed by atoms with Gasteiger partial charge in [0.25, 0.3) is 11.8 Å². The molecule has 8 nitrogen and oxygen atoms in total. The molecule has 156 valence electrons. The average molecular weight is 426 g/mol. The average Bonchev–Trinajstić information content (AvgIpc) is 3.17. The highest BCUT2D eigenvalue weighted by Crippen LogP contribution is 2.22. The first-order valence-electron chi connectivity index (χ1n) is 9.09. The van der Waals surface area contributed by atoms with Gasteiger partial charge in [0.15, 0.2) is 5.69 Å². The molecule has 0 bridgehead atoms. The van der Waals surface area contributed by atoms with E-state index in [2.05, 4.69) is 15.0 Å². The van der Waals surface area contributed by atoms with Crippen LogP contribution in [0.1, 0.15) is 31.3 Å². The molecule has 0 saturated heterocycles. The number of hydrogen-bond donors (Lipinski definition) is 3. The molecule has 4 N–H and O–H groups in total. The third kappa shape index (κ3) is 5.06. The molecular weight excluding hydrogens is 404 g/mol. The van der Waals surface area contributed by atoms with Crippen molar-refractivity contribution >= 4 is 29.0 Å². The van der Waals surface area contributed by atoms with Crippen molar-refractivity contribution in [3.8, 4) is 11.5 Å². The molecule has 2 amide bonds. The maximum atomic E-state index is 12.5. The van der Waals surface area contributed by atoms with Gasteiger partial charge in [-0.1, -0.05) is 24.3 Å². The molecule has 1 heterocycles. The van der Waals surface area contributed by atoms with Crippen LogP contribution in [0.2, 0.25) is 0 Å². The Morgan fingerprint density at radius 1 is 0.933 bits per heavy atom. The number of hydrogen-bond acceptors (Lipinski definition) is 7. The molecule has 0 spiro atoms. The van der Waals surface area contributed by atoms with Gasteiger partial charge in [-0.3, -0.25) is 9.59 Å². The summed E-state index contributed by atoms with van der Waals surface area (Å²) in [5.41, 5.74) is 7.86. The zero-order valence-electron chi connectivity index (χ0n) is 16.6. The summed E-state index contributed by atoms with van der Waals surface area (Å²) < 4.78 is 14.4. The van der Waals surface area contributed by atoms with E-state index in [0.29, 0.717) is 18.0 Å². The van der Waals surface area contributed by atoms with Crippen molar-refractivity contribution in [2.24, 2.45) is 0 Å². The van der Waals surface area contributed by atoms with Crippen LogP contribution in [0.4, 0.5) is 5.69 Å². The molecule has 0 radical (unpaired) electrons. The van der Waals surface area contributed by atoms with E-state index in [1.54, 1.807) is 14.2 Å². The Kier molecular flexibility index (Phi) is 6.87. The Morgan fingerprint density at radius 3 is 2.00 bits per heavy atom. The topological polar surface area (TPSA) is 116 Å². The third-order valence-corrected chi connectivity index (χ3v) is 5.19. The van der Waals surface area contributed by atoms with Crippen molar-refractivity contribution in [3.05, 3.63) is 70.2 Å². The van der Waals surface area contributed by atoms with Crippen molar-refractivity contribution in [3.63, 3.8) is 0 Å². The number of anilines is 1. The van der Waals surface area contributed by atoms with Crippen LogP contribution in [0.3, 0.4) is 0 Å².